The van der Waals surface area contributed by atoms with E-state index in [-0.39, 0.29) is 35.7 Å². The van der Waals surface area contributed by atoms with Crippen LogP contribution >= 0.6 is 12.4 Å². The first-order valence-corrected chi connectivity index (χ1v) is 9.07. The third-order valence-corrected chi connectivity index (χ3v) is 5.21. The normalized spacial score (nSPS) is 17.3. The molecule has 1 aromatic rings. The van der Waals surface area contributed by atoms with Gasteiger partial charge in [0.1, 0.15) is 0 Å². The highest BCUT2D eigenvalue weighted by atomic mass is 35.5. The summed E-state index contributed by atoms with van der Waals surface area (Å²) in [6, 6.07) is 6.48. The molecule has 136 valence electrons. The van der Waals surface area contributed by atoms with Crippen LogP contribution < -0.4 is 15.4 Å². The van der Waals surface area contributed by atoms with Crippen LogP contribution in [0.1, 0.15) is 12.0 Å². The monoisotopic (exact) mass is 377 g/mol. The zero-order valence-electron chi connectivity index (χ0n) is 13.6. The Morgan fingerprint density at radius 3 is 2.62 bits per heavy atom. The number of ether oxygens (including phenoxy) is 1. The number of methoxy groups -OCH3 is 1. The first-order chi connectivity index (χ1) is 11.0. The summed E-state index contributed by atoms with van der Waals surface area (Å²) in [7, 11) is -2.01. The van der Waals surface area contributed by atoms with Gasteiger partial charge in [-0.15, -0.1) is 12.4 Å². The second kappa shape index (κ2) is 9.95. The summed E-state index contributed by atoms with van der Waals surface area (Å²) in [6.07, 6.45) is 0.857. The molecule has 1 heterocycles. The van der Waals surface area contributed by atoms with Crippen molar-refractivity contribution < 1.29 is 17.9 Å². The summed E-state index contributed by atoms with van der Waals surface area (Å²) < 4.78 is 31.3. The zero-order valence-corrected chi connectivity index (χ0v) is 15.2. The van der Waals surface area contributed by atoms with Crippen molar-refractivity contribution in [2.24, 2.45) is 5.92 Å². The van der Waals surface area contributed by atoms with Gasteiger partial charge in [-0.3, -0.25) is 4.79 Å². The lowest BCUT2D eigenvalue weighted by Crippen LogP contribution is -2.31. The number of amides is 1. The standard InChI is InChI=1S/C15H23N3O4S.ClH/c1-22-9-8-18-23(20,21)14-4-2-12(3-5-14)10-17-15(19)13-6-7-16-11-13;/h2-5,13,16,18H,6-11H2,1H3,(H,17,19);1H. The van der Waals surface area contributed by atoms with Crippen LogP contribution in [0, 0.1) is 5.92 Å². The second-order valence-corrected chi connectivity index (χ2v) is 7.21. The number of halogens is 1. The quantitative estimate of drug-likeness (QED) is 0.565. The predicted molar refractivity (Wildman–Crippen MR) is 93.6 cm³/mol. The largest absolute Gasteiger partial charge is 0.383 e. The van der Waals surface area contributed by atoms with E-state index in [0.717, 1.165) is 25.1 Å². The summed E-state index contributed by atoms with van der Waals surface area (Å²) in [4.78, 5) is 12.1. The highest BCUT2D eigenvalue weighted by Crippen LogP contribution is 2.11. The van der Waals surface area contributed by atoms with E-state index in [1.54, 1.807) is 12.1 Å². The summed E-state index contributed by atoms with van der Waals surface area (Å²) >= 11 is 0. The Balaban J connectivity index is 0.00000288. The van der Waals surface area contributed by atoms with Crippen molar-refractivity contribution in [1.29, 1.82) is 0 Å². The molecule has 9 heteroatoms. The zero-order chi connectivity index (χ0) is 16.7. The lowest BCUT2D eigenvalue weighted by atomic mass is 10.1. The maximum Gasteiger partial charge on any atom is 0.240 e. The maximum atomic E-state index is 12.0. The Hall–Kier alpha value is -1.19. The molecule has 1 atom stereocenters. The van der Waals surface area contributed by atoms with E-state index in [1.807, 2.05) is 0 Å². The molecule has 1 aliphatic heterocycles. The van der Waals surface area contributed by atoms with Gasteiger partial charge < -0.3 is 15.4 Å². The van der Waals surface area contributed by atoms with Crippen LogP contribution in [0.2, 0.25) is 0 Å². The smallest absolute Gasteiger partial charge is 0.240 e. The first-order valence-electron chi connectivity index (χ1n) is 7.59. The van der Waals surface area contributed by atoms with Crippen molar-refractivity contribution in [1.82, 2.24) is 15.4 Å². The minimum Gasteiger partial charge on any atom is -0.383 e. The van der Waals surface area contributed by atoms with E-state index in [4.69, 9.17) is 4.74 Å². The van der Waals surface area contributed by atoms with Crippen LogP contribution in [0.25, 0.3) is 0 Å². The molecule has 1 aliphatic rings. The molecule has 1 saturated heterocycles. The summed E-state index contributed by atoms with van der Waals surface area (Å²) in [5.41, 5.74) is 0.861. The summed E-state index contributed by atoms with van der Waals surface area (Å²) in [5, 5.41) is 6.03. The van der Waals surface area contributed by atoms with Crippen LogP contribution in [0.5, 0.6) is 0 Å². The molecule has 0 radical (unpaired) electrons. The van der Waals surface area contributed by atoms with Gasteiger partial charge in [-0.25, -0.2) is 13.1 Å². The van der Waals surface area contributed by atoms with Crippen molar-refractivity contribution in [3.05, 3.63) is 29.8 Å². The van der Waals surface area contributed by atoms with Crippen LogP contribution in [-0.4, -0.2) is 47.7 Å². The number of carbonyl (C=O) groups is 1. The molecule has 0 aromatic heterocycles. The lowest BCUT2D eigenvalue weighted by Gasteiger charge is -2.10. The van der Waals surface area contributed by atoms with E-state index in [1.165, 1.54) is 19.2 Å². The number of sulfonamides is 1. The SMILES string of the molecule is COCCNS(=O)(=O)c1ccc(CNC(=O)C2CCNC2)cc1.Cl. The Morgan fingerprint density at radius 1 is 1.33 bits per heavy atom. The minimum atomic E-state index is -3.52. The predicted octanol–water partition coefficient (Wildman–Crippen LogP) is 0.259. The third kappa shape index (κ3) is 6.03. The molecule has 7 nitrogen and oxygen atoms in total. The molecule has 24 heavy (non-hydrogen) atoms. The number of carbonyl (C=O) groups excluding carboxylic acids is 1. The fourth-order valence-electron chi connectivity index (χ4n) is 2.36. The van der Waals surface area contributed by atoms with Gasteiger partial charge in [-0.2, -0.15) is 0 Å². The average molecular weight is 378 g/mol. The number of nitrogens with one attached hydrogen (secondary N) is 3. The van der Waals surface area contributed by atoms with Crippen molar-refractivity contribution in [2.75, 3.05) is 33.4 Å². The van der Waals surface area contributed by atoms with Gasteiger partial charge in [0.05, 0.1) is 17.4 Å². The molecule has 3 N–H and O–H groups in total. The van der Waals surface area contributed by atoms with E-state index >= 15 is 0 Å². The van der Waals surface area contributed by atoms with Crippen LogP contribution in [-0.2, 0) is 26.1 Å². The molecule has 1 unspecified atom stereocenters. The van der Waals surface area contributed by atoms with E-state index in [9.17, 15) is 13.2 Å². The van der Waals surface area contributed by atoms with Gasteiger partial charge in [0.25, 0.3) is 0 Å². The first kappa shape index (κ1) is 20.9. The highest BCUT2D eigenvalue weighted by Gasteiger charge is 2.21. The summed E-state index contributed by atoms with van der Waals surface area (Å²) in [6.45, 7) is 2.54. The highest BCUT2D eigenvalue weighted by molar-refractivity contribution is 7.89. The van der Waals surface area contributed by atoms with E-state index in [0.29, 0.717) is 13.2 Å². The maximum absolute atomic E-state index is 12.0. The van der Waals surface area contributed by atoms with Crippen LogP contribution in [0.15, 0.2) is 29.2 Å². The lowest BCUT2D eigenvalue weighted by molar-refractivity contribution is -0.124. The Labute approximate surface area is 149 Å². The molecular weight excluding hydrogens is 354 g/mol. The number of benzene rings is 1. The molecule has 0 bridgehead atoms. The summed E-state index contributed by atoms with van der Waals surface area (Å²) in [5.74, 6) is 0.0626. The number of hydrogen-bond acceptors (Lipinski definition) is 5. The third-order valence-electron chi connectivity index (χ3n) is 3.73. The molecule has 0 saturated carbocycles. The van der Waals surface area contributed by atoms with Gasteiger partial charge in [-0.05, 0) is 30.7 Å². The molecule has 2 rings (SSSR count). The van der Waals surface area contributed by atoms with Gasteiger partial charge in [0.2, 0.25) is 15.9 Å². The molecule has 0 spiro atoms. The van der Waals surface area contributed by atoms with Gasteiger partial charge in [0, 0.05) is 26.7 Å². The van der Waals surface area contributed by atoms with Crippen LogP contribution in [0.3, 0.4) is 0 Å². The van der Waals surface area contributed by atoms with Crippen molar-refractivity contribution in [3.8, 4) is 0 Å². The number of rotatable bonds is 8. The second-order valence-electron chi connectivity index (χ2n) is 5.44. The van der Waals surface area contributed by atoms with E-state index in [2.05, 4.69) is 15.4 Å². The fraction of sp³-hybridized carbons (Fsp3) is 0.533. The minimum absolute atomic E-state index is 0. The Kier molecular flexibility index (Phi) is 8.65. The van der Waals surface area contributed by atoms with Crippen molar-refractivity contribution >= 4 is 28.3 Å². The van der Waals surface area contributed by atoms with Crippen LogP contribution in [0.4, 0.5) is 0 Å². The fourth-order valence-corrected chi connectivity index (χ4v) is 3.37. The molecule has 1 amide bonds. The Morgan fingerprint density at radius 2 is 2.04 bits per heavy atom. The van der Waals surface area contributed by atoms with Gasteiger partial charge >= 0.3 is 0 Å². The van der Waals surface area contributed by atoms with Crippen molar-refractivity contribution in [2.45, 2.75) is 17.9 Å². The molecule has 1 aromatic carbocycles. The van der Waals surface area contributed by atoms with Gasteiger partial charge in [0.15, 0.2) is 0 Å². The number of hydrogen-bond donors (Lipinski definition) is 3. The molecular formula is C15H24ClN3O4S. The molecule has 0 aliphatic carbocycles. The Bertz CT molecular complexity index is 616. The van der Waals surface area contributed by atoms with Crippen molar-refractivity contribution in [3.63, 3.8) is 0 Å². The molecule has 1 fully saturated rings. The topological polar surface area (TPSA) is 96.5 Å². The van der Waals surface area contributed by atoms with Gasteiger partial charge in [-0.1, -0.05) is 12.1 Å². The average Bonchev–Trinajstić information content (AvgIpc) is 3.08. The van der Waals surface area contributed by atoms with E-state index < -0.39 is 10.0 Å².